The second-order valence-electron chi connectivity index (χ2n) is 6.73. The second-order valence-corrected chi connectivity index (χ2v) is 6.73. The van der Waals surface area contributed by atoms with Crippen LogP contribution in [0.5, 0.6) is 0 Å². The van der Waals surface area contributed by atoms with Crippen LogP contribution in [0.1, 0.15) is 35.3 Å². The fraction of sp³-hybridized carbons (Fsp3) is 0.350. The third-order valence-electron chi connectivity index (χ3n) is 4.49. The molecule has 1 amide bonds. The second kappa shape index (κ2) is 8.62. The Kier molecular flexibility index (Phi) is 6.01. The van der Waals surface area contributed by atoms with E-state index in [9.17, 15) is 9.18 Å². The Morgan fingerprint density at radius 2 is 2.11 bits per heavy atom. The number of halogens is 1. The molecule has 27 heavy (non-hydrogen) atoms. The summed E-state index contributed by atoms with van der Waals surface area (Å²) in [5.41, 5.74) is 3.18. The van der Waals surface area contributed by atoms with Gasteiger partial charge in [0.1, 0.15) is 5.82 Å². The summed E-state index contributed by atoms with van der Waals surface area (Å²) >= 11 is 0. The first-order valence-corrected chi connectivity index (χ1v) is 9.07. The van der Waals surface area contributed by atoms with Gasteiger partial charge in [0.15, 0.2) is 0 Å². The van der Waals surface area contributed by atoms with E-state index in [1.165, 1.54) is 12.1 Å². The van der Waals surface area contributed by atoms with Gasteiger partial charge in [-0.15, -0.1) is 0 Å². The molecule has 0 aliphatic heterocycles. The number of rotatable bonds is 8. The smallest absolute Gasteiger partial charge is 0.256 e. The van der Waals surface area contributed by atoms with Crippen LogP contribution in [0, 0.1) is 5.82 Å². The van der Waals surface area contributed by atoms with Gasteiger partial charge in [-0.3, -0.25) is 14.6 Å². The van der Waals surface area contributed by atoms with Crippen LogP contribution in [0.25, 0.3) is 11.3 Å². The number of carbonyl (C=O) groups is 1. The molecule has 1 N–H and O–H groups in total. The molecular weight excluding hydrogens is 345 g/mol. The normalized spacial score (nSPS) is 10.9. The number of nitrogens with zero attached hydrogens (tertiary/aromatic N) is 4. The third-order valence-corrected chi connectivity index (χ3v) is 4.49. The molecule has 142 valence electrons. The van der Waals surface area contributed by atoms with E-state index < -0.39 is 0 Å². The van der Waals surface area contributed by atoms with Gasteiger partial charge in [0.05, 0.1) is 17.5 Å². The zero-order valence-corrected chi connectivity index (χ0v) is 15.7. The molecule has 2 heterocycles. The fourth-order valence-electron chi connectivity index (χ4n) is 2.98. The Bertz CT molecular complexity index is 901. The van der Waals surface area contributed by atoms with E-state index in [2.05, 4.69) is 15.3 Å². The van der Waals surface area contributed by atoms with Crippen molar-refractivity contribution in [1.82, 2.24) is 24.9 Å². The lowest BCUT2D eigenvalue weighted by molar-refractivity contribution is 0.0792. The average Bonchev–Trinajstić information content (AvgIpc) is 3.30. The van der Waals surface area contributed by atoms with Crippen LogP contribution in [0.15, 0.2) is 42.7 Å². The number of hydrogen-bond donors (Lipinski definition) is 1. The van der Waals surface area contributed by atoms with E-state index in [0.29, 0.717) is 12.1 Å². The Labute approximate surface area is 158 Å². The van der Waals surface area contributed by atoms with Crippen LogP contribution < -0.4 is 0 Å². The lowest BCUT2D eigenvalue weighted by atomic mass is 10.1. The number of aromatic amines is 1. The molecule has 1 aromatic carbocycles. The zero-order valence-electron chi connectivity index (χ0n) is 15.7. The first kappa shape index (κ1) is 18.8. The monoisotopic (exact) mass is 369 g/mol. The maximum absolute atomic E-state index is 13.3. The van der Waals surface area contributed by atoms with Crippen LogP contribution in [0.4, 0.5) is 4.39 Å². The Hall–Kier alpha value is -2.96. The van der Waals surface area contributed by atoms with Crippen molar-refractivity contribution in [2.24, 2.45) is 7.05 Å². The maximum Gasteiger partial charge on any atom is 0.256 e. The average molecular weight is 369 g/mol. The van der Waals surface area contributed by atoms with E-state index in [1.54, 1.807) is 35.1 Å². The van der Waals surface area contributed by atoms with Gasteiger partial charge in [0.25, 0.3) is 5.91 Å². The van der Waals surface area contributed by atoms with E-state index in [1.807, 2.05) is 19.2 Å². The summed E-state index contributed by atoms with van der Waals surface area (Å²) in [6.07, 6.45) is 7.15. The van der Waals surface area contributed by atoms with Crippen molar-refractivity contribution < 1.29 is 9.18 Å². The first-order valence-electron chi connectivity index (χ1n) is 9.07. The maximum atomic E-state index is 13.3. The summed E-state index contributed by atoms with van der Waals surface area (Å²) in [7, 11) is 3.61. The number of nitrogens with one attached hydrogen (secondary N) is 1. The standard InChI is InChI=1S/C20H24FN5O/c1-25(20(27)16-13-22-26(2)14-16)10-5-3-4-9-18-12-19(24-23-18)15-7-6-8-17(21)11-15/h6-8,11-14H,3-5,9-10H2,1-2H3,(H,23,24). The summed E-state index contributed by atoms with van der Waals surface area (Å²) in [5.74, 6) is -0.265. The molecule has 0 aliphatic rings. The Morgan fingerprint density at radius 1 is 1.26 bits per heavy atom. The molecular formula is C20H24FN5O. The zero-order chi connectivity index (χ0) is 19.2. The van der Waals surface area contributed by atoms with Crippen LogP contribution in [-0.2, 0) is 13.5 Å². The summed E-state index contributed by atoms with van der Waals surface area (Å²) < 4.78 is 14.9. The van der Waals surface area contributed by atoms with Gasteiger partial charge in [-0.05, 0) is 37.5 Å². The molecule has 2 aromatic heterocycles. The van der Waals surface area contributed by atoms with E-state index in [-0.39, 0.29) is 11.7 Å². The highest BCUT2D eigenvalue weighted by Gasteiger charge is 2.12. The van der Waals surface area contributed by atoms with Gasteiger partial charge in [0, 0.05) is 38.1 Å². The quantitative estimate of drug-likeness (QED) is 0.619. The predicted molar refractivity (Wildman–Crippen MR) is 102 cm³/mol. The van der Waals surface area contributed by atoms with Crippen LogP contribution in [0.2, 0.25) is 0 Å². The summed E-state index contributed by atoms with van der Waals surface area (Å²) in [4.78, 5) is 14.0. The van der Waals surface area contributed by atoms with Crippen molar-refractivity contribution in [1.29, 1.82) is 0 Å². The first-order chi connectivity index (χ1) is 13.0. The molecule has 0 saturated carbocycles. The summed E-state index contributed by atoms with van der Waals surface area (Å²) in [6, 6.07) is 8.40. The van der Waals surface area contributed by atoms with Gasteiger partial charge in [-0.1, -0.05) is 18.6 Å². The van der Waals surface area contributed by atoms with Crippen molar-refractivity contribution in [3.8, 4) is 11.3 Å². The van der Waals surface area contributed by atoms with Gasteiger partial charge in [0.2, 0.25) is 0 Å². The SMILES string of the molecule is CN(CCCCCc1cc(-c2cccc(F)c2)n[nH]1)C(=O)c1cnn(C)c1. The van der Waals surface area contributed by atoms with Crippen LogP contribution >= 0.6 is 0 Å². The molecule has 0 fully saturated rings. The number of amides is 1. The number of unbranched alkanes of at least 4 members (excludes halogenated alkanes) is 2. The van der Waals surface area contributed by atoms with Crippen molar-refractivity contribution in [3.05, 3.63) is 59.8 Å². The molecule has 6 nitrogen and oxygen atoms in total. The van der Waals surface area contributed by atoms with Crippen molar-refractivity contribution in [2.45, 2.75) is 25.7 Å². The number of carbonyl (C=O) groups excluding carboxylic acids is 1. The molecule has 0 bridgehead atoms. The fourth-order valence-corrected chi connectivity index (χ4v) is 2.98. The number of aromatic nitrogens is 4. The molecule has 7 heteroatoms. The molecule has 0 unspecified atom stereocenters. The number of hydrogen-bond acceptors (Lipinski definition) is 3. The summed E-state index contributed by atoms with van der Waals surface area (Å²) in [6.45, 7) is 0.714. The molecule has 0 radical (unpaired) electrons. The van der Waals surface area contributed by atoms with Crippen LogP contribution in [-0.4, -0.2) is 44.4 Å². The topological polar surface area (TPSA) is 66.8 Å². The highest BCUT2D eigenvalue weighted by molar-refractivity contribution is 5.93. The van der Waals surface area contributed by atoms with Crippen molar-refractivity contribution in [3.63, 3.8) is 0 Å². The number of H-pyrrole nitrogens is 1. The van der Waals surface area contributed by atoms with Crippen molar-refractivity contribution in [2.75, 3.05) is 13.6 Å². The molecule has 3 aromatic rings. The van der Waals surface area contributed by atoms with Gasteiger partial charge in [-0.25, -0.2) is 4.39 Å². The lowest BCUT2D eigenvalue weighted by Crippen LogP contribution is -2.27. The minimum absolute atomic E-state index is 0.00333. The predicted octanol–water partition coefficient (Wildman–Crippen LogP) is 3.43. The van der Waals surface area contributed by atoms with E-state index in [0.717, 1.165) is 42.6 Å². The molecule has 0 saturated heterocycles. The van der Waals surface area contributed by atoms with Gasteiger partial charge in [-0.2, -0.15) is 10.2 Å². The van der Waals surface area contributed by atoms with E-state index in [4.69, 9.17) is 0 Å². The number of benzene rings is 1. The Morgan fingerprint density at radius 3 is 2.85 bits per heavy atom. The van der Waals surface area contributed by atoms with Gasteiger partial charge >= 0.3 is 0 Å². The van der Waals surface area contributed by atoms with Gasteiger partial charge < -0.3 is 4.90 Å². The molecule has 3 rings (SSSR count). The number of aryl methyl sites for hydroxylation is 2. The lowest BCUT2D eigenvalue weighted by Gasteiger charge is -2.15. The highest BCUT2D eigenvalue weighted by atomic mass is 19.1. The highest BCUT2D eigenvalue weighted by Crippen LogP contribution is 2.19. The Balaban J connectivity index is 1.40. The minimum Gasteiger partial charge on any atom is -0.342 e. The van der Waals surface area contributed by atoms with E-state index >= 15 is 0 Å². The molecule has 0 aliphatic carbocycles. The van der Waals surface area contributed by atoms with Crippen LogP contribution in [0.3, 0.4) is 0 Å². The molecule has 0 spiro atoms. The largest absolute Gasteiger partial charge is 0.342 e. The van der Waals surface area contributed by atoms with Crippen molar-refractivity contribution >= 4 is 5.91 Å². The minimum atomic E-state index is -0.262. The summed E-state index contributed by atoms with van der Waals surface area (Å²) in [5, 5.41) is 11.3. The third kappa shape index (κ3) is 5.03. The molecule has 0 atom stereocenters.